The van der Waals surface area contributed by atoms with E-state index in [-0.39, 0.29) is 41.2 Å². The van der Waals surface area contributed by atoms with Gasteiger partial charge in [0.15, 0.2) is 0 Å². The molecule has 1 spiro atoms. The highest BCUT2D eigenvalue weighted by molar-refractivity contribution is 5.91. The van der Waals surface area contributed by atoms with Crippen molar-refractivity contribution in [1.29, 1.82) is 0 Å². The highest BCUT2D eigenvalue weighted by Gasteiger charge is 2.61. The average molecular weight is 921 g/mol. The predicted molar refractivity (Wildman–Crippen MR) is 245 cm³/mol. The molecule has 2 aliphatic heterocycles. The molecule has 2 bridgehead atoms. The summed E-state index contributed by atoms with van der Waals surface area (Å²) in [5.41, 5.74) is 4.57. The number of alkyl carbamates (subject to hydrolysis) is 2. The second-order valence-electron chi connectivity index (χ2n) is 19.7. The maximum absolute atomic E-state index is 14.1. The molecule has 2 saturated carbocycles. The Kier molecular flexibility index (Phi) is 12.1. The molecule has 4 aliphatic rings. The molecule has 9 rings (SSSR count). The molecule has 0 radical (unpaired) electrons. The van der Waals surface area contributed by atoms with E-state index in [1.165, 1.54) is 14.2 Å². The number of ether oxygens (including phenoxy) is 3. The molecule has 4 N–H and O–H groups in total. The van der Waals surface area contributed by atoms with E-state index in [2.05, 4.69) is 86.9 Å². The van der Waals surface area contributed by atoms with E-state index in [4.69, 9.17) is 19.4 Å². The number of imidazole rings is 2. The second kappa shape index (κ2) is 17.7. The van der Waals surface area contributed by atoms with Crippen LogP contribution in [0.3, 0.4) is 0 Å². The molecule has 17 heteroatoms. The Bertz CT molecular complexity index is 2680. The third-order valence-electron chi connectivity index (χ3n) is 14.8. The first kappa shape index (κ1) is 45.8. The third kappa shape index (κ3) is 8.73. The van der Waals surface area contributed by atoms with Crippen molar-refractivity contribution in [2.45, 2.75) is 109 Å². The lowest BCUT2D eigenvalue weighted by atomic mass is 9.81. The van der Waals surface area contributed by atoms with Gasteiger partial charge in [-0.1, -0.05) is 69.3 Å². The molecule has 1 unspecified atom stereocenters. The van der Waals surface area contributed by atoms with Gasteiger partial charge in [0.25, 0.3) is 0 Å². The topological polar surface area (TPSA) is 184 Å². The molecule has 6 atom stereocenters. The SMILES string of the molecule is COC(=O)N[C@@H](CCOC(F)F)C(=O)N1CC2(CC2)C[C@@]1(C)c1ncc(-c2ccc3cc(-c4ccc(-c5cnc([C@H]6N(C(=O)[C@@H](NC(=O)OC)C(C)C)[C@@H]7CCC6(C)C7)[nH]5)cc4)ccc3c2)[nH]1. The number of carbonyl (C=O) groups is 4. The highest BCUT2D eigenvalue weighted by atomic mass is 19.3. The molecular formula is C50H58F2N8O7. The van der Waals surface area contributed by atoms with Gasteiger partial charge in [-0.15, -0.1) is 0 Å². The first-order valence-corrected chi connectivity index (χ1v) is 23.0. The van der Waals surface area contributed by atoms with Crippen molar-refractivity contribution in [2.75, 3.05) is 27.4 Å². The van der Waals surface area contributed by atoms with Gasteiger partial charge in [0, 0.05) is 24.6 Å². The first-order chi connectivity index (χ1) is 32.0. The summed E-state index contributed by atoms with van der Waals surface area (Å²) in [4.78, 5) is 73.1. The van der Waals surface area contributed by atoms with E-state index in [1.807, 2.05) is 37.9 Å². The van der Waals surface area contributed by atoms with Crippen LogP contribution < -0.4 is 10.6 Å². The Morgan fingerprint density at radius 3 is 2.10 bits per heavy atom. The fourth-order valence-electron chi connectivity index (χ4n) is 11.1. The zero-order chi connectivity index (χ0) is 47.4. The van der Waals surface area contributed by atoms with Crippen molar-refractivity contribution in [3.8, 4) is 33.6 Å². The molecule has 5 aromatic rings. The number of amides is 4. The van der Waals surface area contributed by atoms with Gasteiger partial charge in [-0.25, -0.2) is 19.6 Å². The molecule has 2 aliphatic carbocycles. The predicted octanol–water partition coefficient (Wildman–Crippen LogP) is 8.69. The van der Waals surface area contributed by atoms with Crippen LogP contribution in [0, 0.1) is 16.7 Å². The van der Waals surface area contributed by atoms with Crippen LogP contribution >= 0.6 is 0 Å². The number of rotatable bonds is 14. The van der Waals surface area contributed by atoms with Gasteiger partial charge < -0.3 is 44.6 Å². The summed E-state index contributed by atoms with van der Waals surface area (Å²) in [5.74, 6) is 0.691. The number of halogens is 2. The number of likely N-dealkylation sites (tertiary alicyclic amines) is 2. The van der Waals surface area contributed by atoms with Gasteiger partial charge in [-0.3, -0.25) is 9.59 Å². The largest absolute Gasteiger partial charge is 0.453 e. The molecule has 4 amide bonds. The Labute approximate surface area is 387 Å². The number of hydrogen-bond acceptors (Lipinski definition) is 9. The molecule has 2 aromatic heterocycles. The van der Waals surface area contributed by atoms with E-state index >= 15 is 0 Å². The molecule has 2 saturated heterocycles. The number of piperidine rings is 1. The van der Waals surface area contributed by atoms with Crippen LogP contribution in [0.1, 0.15) is 90.3 Å². The second-order valence-corrected chi connectivity index (χ2v) is 19.7. The van der Waals surface area contributed by atoms with Crippen molar-refractivity contribution >= 4 is 34.8 Å². The molecule has 3 aromatic carbocycles. The minimum atomic E-state index is -3.00. The fraction of sp³-hybridized carbons (Fsp3) is 0.480. The lowest BCUT2D eigenvalue weighted by Gasteiger charge is -2.40. The molecular weight excluding hydrogens is 863 g/mol. The van der Waals surface area contributed by atoms with Gasteiger partial charge in [0.05, 0.1) is 56.2 Å². The summed E-state index contributed by atoms with van der Waals surface area (Å²) in [7, 11) is 2.48. The normalized spacial score (nSPS) is 23.6. The number of H-pyrrole nitrogens is 2. The van der Waals surface area contributed by atoms with Crippen LogP contribution in [0.2, 0.25) is 0 Å². The maximum Gasteiger partial charge on any atom is 0.407 e. The van der Waals surface area contributed by atoms with Crippen LogP contribution in [0.15, 0.2) is 73.1 Å². The van der Waals surface area contributed by atoms with Crippen molar-refractivity contribution in [1.82, 2.24) is 40.4 Å². The summed E-state index contributed by atoms with van der Waals surface area (Å²) >= 11 is 0. The number of hydrogen-bond donors (Lipinski definition) is 4. The standard InChI is InChI=1S/C50H58F2N8O7/c1-28(2)39(58-47(64)66-6)43(62)60-35-15-17-48(3,23-35)40(60)41-53-24-37(55-41)30-9-7-29(8-10-30)31-11-12-33-22-34(14-13-32(33)21-31)38-25-54-44(56-38)49(4)26-50(18-19-50)27-59(49)42(61)36(57-46(63)65-5)16-20-67-45(51)52/h7-14,21-22,24-25,28,35-36,39-40,45H,15-20,23,26-27H2,1-6H3,(H,53,55)(H,54,56)(H,57,63)(H,58,64)/t35-,36+,39+,40-,48?,49+/m1/s1. The van der Waals surface area contributed by atoms with Gasteiger partial charge in [0.2, 0.25) is 11.8 Å². The number of carbonyl (C=O) groups excluding carboxylic acids is 4. The quantitative estimate of drug-likeness (QED) is 0.0847. The summed E-state index contributed by atoms with van der Waals surface area (Å²) < 4.78 is 39.7. The minimum Gasteiger partial charge on any atom is -0.453 e. The number of nitrogens with zero attached hydrogens (tertiary/aromatic N) is 4. The van der Waals surface area contributed by atoms with Crippen LogP contribution in [0.4, 0.5) is 18.4 Å². The van der Waals surface area contributed by atoms with Gasteiger partial charge in [-0.2, -0.15) is 8.78 Å². The van der Waals surface area contributed by atoms with Gasteiger partial charge >= 0.3 is 18.8 Å². The molecule has 4 heterocycles. The highest BCUT2D eigenvalue weighted by Crippen LogP contribution is 2.61. The average Bonchev–Trinajstić information content (AvgIpc) is 3.87. The molecule has 354 valence electrons. The molecule has 15 nitrogen and oxygen atoms in total. The smallest absolute Gasteiger partial charge is 0.407 e. The van der Waals surface area contributed by atoms with Crippen molar-refractivity contribution in [3.05, 3.63) is 84.7 Å². The van der Waals surface area contributed by atoms with Crippen LogP contribution in [0.25, 0.3) is 44.4 Å². The third-order valence-corrected chi connectivity index (χ3v) is 14.8. The van der Waals surface area contributed by atoms with E-state index in [9.17, 15) is 28.0 Å². The van der Waals surface area contributed by atoms with E-state index in [0.717, 1.165) is 82.3 Å². The number of fused-ring (bicyclic) bond motifs is 3. The fourth-order valence-corrected chi connectivity index (χ4v) is 11.1. The van der Waals surface area contributed by atoms with Crippen molar-refractivity contribution in [3.63, 3.8) is 0 Å². The zero-order valence-electron chi connectivity index (χ0n) is 38.7. The summed E-state index contributed by atoms with van der Waals surface area (Å²) in [6, 6.07) is 18.9. The Hall–Kier alpha value is -6.36. The number of aromatic amines is 2. The maximum atomic E-state index is 14.1. The van der Waals surface area contributed by atoms with Gasteiger partial charge in [-0.05, 0) is 102 Å². The minimum absolute atomic E-state index is 0.0693. The van der Waals surface area contributed by atoms with E-state index < -0.39 is 48.9 Å². The lowest BCUT2D eigenvalue weighted by molar-refractivity contribution is -0.143. The number of aromatic nitrogens is 4. The number of benzene rings is 3. The summed E-state index contributed by atoms with van der Waals surface area (Å²) in [6.45, 7) is 5.06. The lowest BCUT2D eigenvalue weighted by Crippen LogP contribution is -2.54. The number of nitrogens with one attached hydrogen (secondary N) is 4. The monoisotopic (exact) mass is 920 g/mol. The summed E-state index contributed by atoms with van der Waals surface area (Å²) in [6.07, 6.45) is 7.34. The Morgan fingerprint density at radius 2 is 1.43 bits per heavy atom. The molecule has 67 heavy (non-hydrogen) atoms. The Balaban J connectivity index is 0.904. The van der Waals surface area contributed by atoms with E-state index in [1.54, 1.807) is 11.1 Å². The zero-order valence-corrected chi connectivity index (χ0v) is 38.7. The Morgan fingerprint density at radius 1 is 0.806 bits per heavy atom. The molecule has 4 fully saturated rings. The van der Waals surface area contributed by atoms with Crippen LogP contribution in [0.5, 0.6) is 0 Å². The number of alkyl halides is 2. The van der Waals surface area contributed by atoms with Crippen LogP contribution in [-0.4, -0.2) is 106 Å². The van der Waals surface area contributed by atoms with E-state index in [0.29, 0.717) is 18.8 Å². The number of methoxy groups -OCH3 is 2. The van der Waals surface area contributed by atoms with Gasteiger partial charge in [0.1, 0.15) is 23.7 Å². The van der Waals surface area contributed by atoms with Crippen LogP contribution in [-0.2, 0) is 29.3 Å². The van der Waals surface area contributed by atoms with Crippen molar-refractivity contribution in [2.24, 2.45) is 16.7 Å². The first-order valence-electron chi connectivity index (χ1n) is 23.0. The summed E-state index contributed by atoms with van der Waals surface area (Å²) in [5, 5.41) is 7.37. The van der Waals surface area contributed by atoms with Crippen molar-refractivity contribution < 1.29 is 42.2 Å².